The van der Waals surface area contributed by atoms with Gasteiger partial charge in [-0.3, -0.25) is 14.4 Å². The summed E-state index contributed by atoms with van der Waals surface area (Å²) in [5, 5.41) is 1.30. The van der Waals surface area contributed by atoms with Crippen LogP contribution in [0.3, 0.4) is 0 Å². The van der Waals surface area contributed by atoms with Gasteiger partial charge in [0.1, 0.15) is 12.5 Å². The van der Waals surface area contributed by atoms with Crippen LogP contribution >= 0.6 is 11.6 Å². The predicted molar refractivity (Wildman–Crippen MR) is 119 cm³/mol. The predicted octanol–water partition coefficient (Wildman–Crippen LogP) is 5.15. The molecule has 1 atom stereocenters. The van der Waals surface area contributed by atoms with E-state index in [-0.39, 0.29) is 0 Å². The fourth-order valence-corrected chi connectivity index (χ4v) is 3.83. The standard InChI is InChI=1S/C21H24ClN3O3S/c1-4-24(5-2)14-28-18-9-7-17(8-10-18)25(29(26)27)21-12-15(3)23-20-13-16(22)6-11-19(20)21/h6-13H,4-5,14H2,1-3H3,(H,26,27). The van der Waals surface area contributed by atoms with E-state index in [1.165, 1.54) is 4.31 Å². The normalized spacial score (nSPS) is 12.3. The minimum atomic E-state index is -2.27. The van der Waals surface area contributed by atoms with Crippen molar-refractivity contribution in [2.75, 3.05) is 24.1 Å². The third kappa shape index (κ3) is 5.05. The number of aromatic nitrogens is 1. The Bertz CT molecular complexity index is 1000. The third-order valence-corrected chi connectivity index (χ3v) is 5.59. The molecule has 154 valence electrons. The van der Waals surface area contributed by atoms with Crippen LogP contribution in [0.5, 0.6) is 5.75 Å². The minimum absolute atomic E-state index is 0.497. The Kier molecular flexibility index (Phi) is 7.08. The smallest absolute Gasteiger partial charge is 0.266 e. The highest BCUT2D eigenvalue weighted by Crippen LogP contribution is 2.35. The number of rotatable bonds is 8. The highest BCUT2D eigenvalue weighted by molar-refractivity contribution is 7.81. The highest BCUT2D eigenvalue weighted by atomic mass is 35.5. The Morgan fingerprint density at radius 2 is 1.79 bits per heavy atom. The summed E-state index contributed by atoms with van der Waals surface area (Å²) in [6.07, 6.45) is 0. The van der Waals surface area contributed by atoms with E-state index < -0.39 is 11.3 Å². The lowest BCUT2D eigenvalue weighted by Crippen LogP contribution is -2.27. The van der Waals surface area contributed by atoms with E-state index in [9.17, 15) is 8.76 Å². The molecule has 0 amide bonds. The summed E-state index contributed by atoms with van der Waals surface area (Å²) in [7, 11) is 0. The van der Waals surface area contributed by atoms with Gasteiger partial charge in [-0.1, -0.05) is 25.4 Å². The number of anilines is 2. The third-order valence-electron chi connectivity index (χ3n) is 4.63. The second-order valence-corrected chi connectivity index (χ2v) is 7.80. The van der Waals surface area contributed by atoms with Gasteiger partial charge in [-0.15, -0.1) is 0 Å². The summed E-state index contributed by atoms with van der Waals surface area (Å²) in [5.74, 6) is 0.701. The fourth-order valence-electron chi connectivity index (χ4n) is 3.04. The fraction of sp³-hybridized carbons (Fsp3) is 0.286. The molecule has 3 aromatic rings. The lowest BCUT2D eigenvalue weighted by Gasteiger charge is -2.23. The van der Waals surface area contributed by atoms with E-state index in [0.29, 0.717) is 34.4 Å². The first-order valence-electron chi connectivity index (χ1n) is 9.36. The van der Waals surface area contributed by atoms with Gasteiger partial charge in [0.05, 0.1) is 16.9 Å². The second-order valence-electron chi connectivity index (χ2n) is 6.54. The van der Waals surface area contributed by atoms with Crippen molar-refractivity contribution in [2.45, 2.75) is 20.8 Å². The number of aryl methyl sites for hydroxylation is 1. The molecular weight excluding hydrogens is 410 g/mol. The topological polar surface area (TPSA) is 65.9 Å². The molecule has 0 bridgehead atoms. The summed E-state index contributed by atoms with van der Waals surface area (Å²) < 4.78 is 29.5. The number of fused-ring (bicyclic) bond motifs is 1. The van der Waals surface area contributed by atoms with Crippen molar-refractivity contribution < 1.29 is 13.5 Å². The summed E-state index contributed by atoms with van der Waals surface area (Å²) in [6.45, 7) is 8.31. The lowest BCUT2D eigenvalue weighted by molar-refractivity contribution is 0.137. The maximum atomic E-state index is 12.3. The summed E-state index contributed by atoms with van der Waals surface area (Å²) >= 11 is 3.82. The Morgan fingerprint density at radius 3 is 2.41 bits per heavy atom. The molecule has 1 heterocycles. The lowest BCUT2D eigenvalue weighted by atomic mass is 10.1. The molecule has 8 heteroatoms. The van der Waals surface area contributed by atoms with Gasteiger partial charge in [-0.25, -0.2) is 8.51 Å². The van der Waals surface area contributed by atoms with Crippen LogP contribution in [0.2, 0.25) is 5.02 Å². The highest BCUT2D eigenvalue weighted by Gasteiger charge is 2.19. The summed E-state index contributed by atoms with van der Waals surface area (Å²) in [6, 6.07) is 14.2. The Labute approximate surface area is 178 Å². The van der Waals surface area contributed by atoms with Crippen LogP contribution in [0.1, 0.15) is 19.5 Å². The maximum Gasteiger partial charge on any atom is 0.266 e. The molecule has 0 fully saturated rings. The number of halogens is 1. The van der Waals surface area contributed by atoms with E-state index in [1.807, 2.05) is 6.92 Å². The number of ether oxygens (including phenoxy) is 1. The zero-order valence-corrected chi connectivity index (χ0v) is 18.2. The van der Waals surface area contributed by atoms with Gasteiger partial charge in [-0.05, 0) is 68.5 Å². The van der Waals surface area contributed by atoms with Crippen LogP contribution in [0.25, 0.3) is 10.9 Å². The molecule has 0 aliphatic heterocycles. The molecule has 0 spiro atoms. The number of nitrogens with zero attached hydrogens (tertiary/aromatic N) is 3. The van der Waals surface area contributed by atoms with Gasteiger partial charge in [-0.2, -0.15) is 0 Å². The maximum absolute atomic E-state index is 12.3. The van der Waals surface area contributed by atoms with Crippen LogP contribution in [0.4, 0.5) is 11.4 Å². The summed E-state index contributed by atoms with van der Waals surface area (Å²) in [5.41, 5.74) is 2.55. The van der Waals surface area contributed by atoms with Crippen LogP contribution in [0.15, 0.2) is 48.5 Å². The first-order valence-corrected chi connectivity index (χ1v) is 10.8. The van der Waals surface area contributed by atoms with Crippen molar-refractivity contribution >= 4 is 45.1 Å². The molecule has 0 saturated heterocycles. The van der Waals surface area contributed by atoms with Gasteiger partial charge in [0.15, 0.2) is 0 Å². The minimum Gasteiger partial charge on any atom is -0.478 e. The first-order chi connectivity index (χ1) is 13.9. The Hall–Kier alpha value is -2.19. The summed E-state index contributed by atoms with van der Waals surface area (Å²) in [4.78, 5) is 6.64. The largest absolute Gasteiger partial charge is 0.478 e. The van der Waals surface area contributed by atoms with E-state index >= 15 is 0 Å². The molecule has 29 heavy (non-hydrogen) atoms. The van der Waals surface area contributed by atoms with Crippen molar-refractivity contribution in [3.05, 3.63) is 59.2 Å². The monoisotopic (exact) mass is 433 g/mol. The van der Waals surface area contributed by atoms with Gasteiger partial charge >= 0.3 is 0 Å². The molecule has 0 radical (unpaired) electrons. The van der Waals surface area contributed by atoms with E-state index in [0.717, 1.165) is 24.2 Å². The Morgan fingerprint density at radius 1 is 1.10 bits per heavy atom. The number of pyridine rings is 1. The molecular formula is C21H24ClN3O3S. The molecule has 0 aliphatic carbocycles. The Balaban J connectivity index is 1.95. The van der Waals surface area contributed by atoms with E-state index in [1.54, 1.807) is 48.5 Å². The van der Waals surface area contributed by atoms with Crippen LogP contribution in [0, 0.1) is 6.92 Å². The van der Waals surface area contributed by atoms with Gasteiger partial charge < -0.3 is 4.74 Å². The molecule has 0 saturated carbocycles. The van der Waals surface area contributed by atoms with Crippen molar-refractivity contribution in [3.8, 4) is 5.75 Å². The molecule has 6 nitrogen and oxygen atoms in total. The molecule has 2 aromatic carbocycles. The van der Waals surface area contributed by atoms with Gasteiger partial charge in [0.2, 0.25) is 0 Å². The quantitative estimate of drug-likeness (QED) is 0.393. The number of hydrogen-bond acceptors (Lipinski definition) is 4. The van der Waals surface area contributed by atoms with Crippen LogP contribution < -0.4 is 9.04 Å². The SMILES string of the molecule is CCN(CC)COc1ccc(N(c2cc(C)nc3cc(Cl)ccc23)S(=O)O)cc1. The number of hydrogen-bond donors (Lipinski definition) is 1. The van der Waals surface area contributed by atoms with Crippen molar-refractivity contribution in [3.63, 3.8) is 0 Å². The molecule has 3 rings (SSSR count). The van der Waals surface area contributed by atoms with Crippen LogP contribution in [-0.4, -0.2) is 38.5 Å². The van der Waals surface area contributed by atoms with Crippen molar-refractivity contribution in [1.29, 1.82) is 0 Å². The molecule has 1 N–H and O–H groups in total. The number of benzene rings is 2. The van der Waals surface area contributed by atoms with Gasteiger partial charge in [0.25, 0.3) is 11.3 Å². The average Bonchev–Trinajstić information content (AvgIpc) is 2.69. The zero-order valence-electron chi connectivity index (χ0n) is 16.6. The average molecular weight is 434 g/mol. The van der Waals surface area contributed by atoms with Crippen molar-refractivity contribution in [2.24, 2.45) is 0 Å². The molecule has 0 aliphatic rings. The second kappa shape index (κ2) is 9.54. The zero-order chi connectivity index (χ0) is 21.0. The van der Waals surface area contributed by atoms with Crippen molar-refractivity contribution in [1.82, 2.24) is 9.88 Å². The van der Waals surface area contributed by atoms with Crippen LogP contribution in [-0.2, 0) is 11.3 Å². The first kappa shape index (κ1) is 21.5. The molecule has 1 unspecified atom stereocenters. The van der Waals surface area contributed by atoms with Gasteiger partial charge in [0, 0.05) is 16.1 Å². The van der Waals surface area contributed by atoms with E-state index in [4.69, 9.17) is 16.3 Å². The van der Waals surface area contributed by atoms with E-state index in [2.05, 4.69) is 23.7 Å². The molecule has 1 aromatic heterocycles.